The number of hydrogen-bond acceptors (Lipinski definition) is 4. The maximum atomic E-state index is 11.9. The Morgan fingerprint density at radius 2 is 1.95 bits per heavy atom. The summed E-state index contributed by atoms with van der Waals surface area (Å²) in [5.41, 5.74) is 0. The fraction of sp³-hybridized carbons (Fsp3) is 0.933. The monoisotopic (exact) mass is 283 g/mol. The second-order valence-corrected chi connectivity index (χ2v) is 5.94. The molecule has 20 heavy (non-hydrogen) atoms. The molecule has 5 heteroatoms. The molecule has 2 fully saturated rings. The first-order chi connectivity index (χ1) is 9.78. The fourth-order valence-electron chi connectivity index (χ4n) is 3.04. The maximum Gasteiger partial charge on any atom is 0.246 e. The molecule has 2 aliphatic heterocycles. The number of amides is 1. The summed E-state index contributed by atoms with van der Waals surface area (Å²) in [4.78, 5) is 14.4. The highest BCUT2D eigenvalue weighted by molar-refractivity contribution is 5.77. The zero-order valence-corrected chi connectivity index (χ0v) is 12.7. The van der Waals surface area contributed by atoms with Gasteiger partial charge in [0.25, 0.3) is 0 Å². The van der Waals surface area contributed by atoms with Crippen LogP contribution in [-0.2, 0) is 9.53 Å². The van der Waals surface area contributed by atoms with E-state index in [9.17, 15) is 4.79 Å². The number of nitrogens with one attached hydrogen (secondary N) is 2. The molecule has 0 bridgehead atoms. The van der Waals surface area contributed by atoms with Gasteiger partial charge < -0.3 is 20.3 Å². The molecule has 0 aliphatic carbocycles. The molecule has 0 atom stereocenters. The number of ether oxygens (including phenoxy) is 1. The summed E-state index contributed by atoms with van der Waals surface area (Å²) in [5, 5.41) is 6.41. The molecule has 116 valence electrons. The van der Waals surface area contributed by atoms with Gasteiger partial charge in [0.1, 0.15) is 6.61 Å². The van der Waals surface area contributed by atoms with E-state index >= 15 is 0 Å². The number of carbonyl (C=O) groups is 1. The van der Waals surface area contributed by atoms with Crippen molar-refractivity contribution in [3.05, 3.63) is 0 Å². The second kappa shape index (κ2) is 8.60. The van der Waals surface area contributed by atoms with Gasteiger partial charge in [-0.1, -0.05) is 6.92 Å². The molecule has 2 heterocycles. The van der Waals surface area contributed by atoms with Crippen LogP contribution in [0.1, 0.15) is 39.0 Å². The first-order valence-corrected chi connectivity index (χ1v) is 8.12. The summed E-state index contributed by atoms with van der Waals surface area (Å²) in [5.74, 6) is 0.0532. The summed E-state index contributed by atoms with van der Waals surface area (Å²) >= 11 is 0. The van der Waals surface area contributed by atoms with Crippen LogP contribution in [0.2, 0.25) is 0 Å². The van der Waals surface area contributed by atoms with Crippen molar-refractivity contribution >= 4 is 5.91 Å². The lowest BCUT2D eigenvalue weighted by molar-refractivity contribution is -0.129. The molecule has 0 aromatic rings. The molecule has 0 radical (unpaired) electrons. The lowest BCUT2D eigenvalue weighted by Gasteiger charge is -2.32. The number of hydrogen-bond donors (Lipinski definition) is 2. The molecule has 0 saturated carbocycles. The van der Waals surface area contributed by atoms with Crippen molar-refractivity contribution in [2.75, 3.05) is 39.3 Å². The van der Waals surface area contributed by atoms with E-state index in [0.717, 1.165) is 51.9 Å². The Morgan fingerprint density at radius 3 is 2.60 bits per heavy atom. The van der Waals surface area contributed by atoms with Crippen molar-refractivity contribution < 1.29 is 9.53 Å². The van der Waals surface area contributed by atoms with Crippen LogP contribution >= 0.6 is 0 Å². The number of carbonyl (C=O) groups excluding carboxylic acids is 1. The van der Waals surface area contributed by atoms with Gasteiger partial charge in [0.2, 0.25) is 5.91 Å². The highest BCUT2D eigenvalue weighted by Gasteiger charge is 2.21. The fourth-order valence-corrected chi connectivity index (χ4v) is 3.04. The van der Waals surface area contributed by atoms with Crippen LogP contribution in [-0.4, -0.2) is 62.3 Å². The van der Waals surface area contributed by atoms with Crippen LogP contribution in [0.4, 0.5) is 0 Å². The molecule has 2 N–H and O–H groups in total. The van der Waals surface area contributed by atoms with Gasteiger partial charge in [0.15, 0.2) is 0 Å². The van der Waals surface area contributed by atoms with Crippen molar-refractivity contribution in [3.63, 3.8) is 0 Å². The van der Waals surface area contributed by atoms with Crippen LogP contribution < -0.4 is 10.6 Å². The van der Waals surface area contributed by atoms with Gasteiger partial charge in [0.05, 0.1) is 6.10 Å². The zero-order valence-electron chi connectivity index (χ0n) is 12.7. The minimum atomic E-state index is 0.0532. The highest BCUT2D eigenvalue weighted by atomic mass is 16.5. The van der Waals surface area contributed by atoms with Crippen LogP contribution in [0.25, 0.3) is 0 Å². The van der Waals surface area contributed by atoms with Crippen LogP contribution in [0, 0.1) is 0 Å². The molecule has 5 nitrogen and oxygen atoms in total. The van der Waals surface area contributed by atoms with E-state index in [1.807, 2.05) is 0 Å². The Bertz CT molecular complexity index is 285. The van der Waals surface area contributed by atoms with Gasteiger partial charge in [0, 0.05) is 19.1 Å². The Labute approximate surface area is 122 Å². The molecule has 0 spiro atoms. The third-order valence-corrected chi connectivity index (χ3v) is 4.23. The first kappa shape index (κ1) is 15.7. The molecule has 2 rings (SSSR count). The number of likely N-dealkylation sites (tertiary alicyclic amines) is 1. The van der Waals surface area contributed by atoms with E-state index < -0.39 is 0 Å². The topological polar surface area (TPSA) is 53.6 Å². The van der Waals surface area contributed by atoms with Gasteiger partial charge in [-0.2, -0.15) is 0 Å². The standard InChI is InChI=1S/C15H29N3O2/c1-2-9-18-10-5-13(6-11-18)17-15(19)12-20-14-3-7-16-8-4-14/h13-14,16H,2-12H2,1H3,(H,17,19). The largest absolute Gasteiger partial charge is 0.368 e. The molecule has 0 aromatic heterocycles. The van der Waals surface area contributed by atoms with Crippen LogP contribution in [0.3, 0.4) is 0 Å². The third-order valence-electron chi connectivity index (χ3n) is 4.23. The van der Waals surface area contributed by atoms with Crippen LogP contribution in [0.5, 0.6) is 0 Å². The number of piperidine rings is 2. The summed E-state index contributed by atoms with van der Waals surface area (Å²) in [6.07, 6.45) is 5.64. The normalized spacial score (nSPS) is 22.9. The Balaban J connectivity index is 1.57. The van der Waals surface area contributed by atoms with Gasteiger partial charge in [-0.25, -0.2) is 0 Å². The second-order valence-electron chi connectivity index (χ2n) is 5.94. The predicted octanol–water partition coefficient (Wildman–Crippen LogP) is 0.746. The van der Waals surface area contributed by atoms with E-state index in [-0.39, 0.29) is 18.6 Å². The number of rotatable bonds is 6. The Hall–Kier alpha value is -0.650. The summed E-state index contributed by atoms with van der Waals surface area (Å²) < 4.78 is 5.68. The average Bonchev–Trinajstić information content (AvgIpc) is 2.49. The van der Waals surface area contributed by atoms with Crippen molar-refractivity contribution in [2.45, 2.75) is 51.2 Å². The van der Waals surface area contributed by atoms with E-state index in [2.05, 4.69) is 22.5 Å². The molecule has 2 aliphatic rings. The van der Waals surface area contributed by atoms with E-state index in [4.69, 9.17) is 4.74 Å². The molecular formula is C15H29N3O2. The van der Waals surface area contributed by atoms with Gasteiger partial charge in [-0.3, -0.25) is 4.79 Å². The smallest absolute Gasteiger partial charge is 0.246 e. The number of nitrogens with zero attached hydrogens (tertiary/aromatic N) is 1. The highest BCUT2D eigenvalue weighted by Crippen LogP contribution is 2.11. The average molecular weight is 283 g/mol. The van der Waals surface area contributed by atoms with Crippen molar-refractivity contribution in [2.24, 2.45) is 0 Å². The Morgan fingerprint density at radius 1 is 1.25 bits per heavy atom. The summed E-state index contributed by atoms with van der Waals surface area (Å²) in [6.45, 7) is 7.83. The molecule has 1 amide bonds. The minimum absolute atomic E-state index is 0.0532. The van der Waals surface area contributed by atoms with Crippen LogP contribution in [0.15, 0.2) is 0 Å². The van der Waals surface area contributed by atoms with Gasteiger partial charge in [-0.05, 0) is 51.7 Å². The van der Waals surface area contributed by atoms with E-state index in [1.165, 1.54) is 13.0 Å². The molecule has 2 saturated heterocycles. The maximum absolute atomic E-state index is 11.9. The molecule has 0 aromatic carbocycles. The SMILES string of the molecule is CCCN1CCC(NC(=O)COC2CCNCC2)CC1. The van der Waals surface area contributed by atoms with Crippen molar-refractivity contribution in [3.8, 4) is 0 Å². The van der Waals surface area contributed by atoms with E-state index in [1.54, 1.807) is 0 Å². The quantitative estimate of drug-likeness (QED) is 0.755. The zero-order chi connectivity index (χ0) is 14.2. The van der Waals surface area contributed by atoms with E-state index in [0.29, 0.717) is 6.04 Å². The predicted molar refractivity (Wildman–Crippen MR) is 79.7 cm³/mol. The third kappa shape index (κ3) is 5.38. The Kier molecular flexibility index (Phi) is 6.76. The minimum Gasteiger partial charge on any atom is -0.368 e. The van der Waals surface area contributed by atoms with Gasteiger partial charge in [-0.15, -0.1) is 0 Å². The summed E-state index contributed by atoms with van der Waals surface area (Å²) in [6, 6.07) is 0.340. The van der Waals surface area contributed by atoms with Crippen molar-refractivity contribution in [1.29, 1.82) is 0 Å². The lowest BCUT2D eigenvalue weighted by atomic mass is 10.0. The van der Waals surface area contributed by atoms with Gasteiger partial charge >= 0.3 is 0 Å². The molecular weight excluding hydrogens is 254 g/mol. The summed E-state index contributed by atoms with van der Waals surface area (Å²) in [7, 11) is 0. The van der Waals surface area contributed by atoms with Crippen molar-refractivity contribution in [1.82, 2.24) is 15.5 Å². The first-order valence-electron chi connectivity index (χ1n) is 8.12. The lowest BCUT2D eigenvalue weighted by Crippen LogP contribution is -2.46. The molecule has 0 unspecified atom stereocenters.